The lowest BCUT2D eigenvalue weighted by Crippen LogP contribution is -2.06. The number of aromatic nitrogens is 1. The van der Waals surface area contributed by atoms with Crippen LogP contribution < -0.4 is 5.73 Å². The summed E-state index contributed by atoms with van der Waals surface area (Å²) < 4.78 is 0. The number of aliphatic carboxylic acids is 1. The molecule has 0 unspecified atom stereocenters. The maximum Gasteiger partial charge on any atom is 0.374 e. The van der Waals surface area contributed by atoms with Crippen LogP contribution in [0.1, 0.15) is 5.69 Å². The molecule has 1 aromatic heterocycles. The van der Waals surface area contributed by atoms with Crippen LogP contribution in [-0.4, -0.2) is 28.1 Å². The van der Waals surface area contributed by atoms with Gasteiger partial charge in [0.15, 0.2) is 10.8 Å². The first kappa shape index (κ1) is 11.9. The third-order valence-electron chi connectivity index (χ3n) is 1.35. The van der Waals surface area contributed by atoms with Gasteiger partial charge >= 0.3 is 5.97 Å². The zero-order chi connectivity index (χ0) is 12.1. The summed E-state index contributed by atoms with van der Waals surface area (Å²) in [5, 5.41) is 13.4. The zero-order valence-corrected chi connectivity index (χ0v) is 8.65. The first-order chi connectivity index (χ1) is 7.54. The topological polar surface area (TPSA) is 115 Å². The largest absolute Gasteiger partial charge is 0.475 e. The molecule has 1 heterocycles. The van der Waals surface area contributed by atoms with E-state index in [0.717, 1.165) is 11.3 Å². The monoisotopic (exact) mass is 240 g/mol. The second-order valence-electron chi connectivity index (χ2n) is 2.43. The van der Waals surface area contributed by atoms with E-state index in [9.17, 15) is 9.59 Å². The number of rotatable bonds is 5. The first-order valence-electron chi connectivity index (χ1n) is 3.81. The lowest BCUT2D eigenvalue weighted by Gasteiger charge is -1.96. The molecule has 1 rings (SSSR count). The number of carboxylic acid groups (broad SMARTS) is 1. The minimum Gasteiger partial charge on any atom is -0.475 e. The van der Waals surface area contributed by atoms with E-state index in [2.05, 4.69) is 21.6 Å². The summed E-state index contributed by atoms with van der Waals surface area (Å²) >= 11 is 1.10. The SMILES string of the molecule is C=C(O/N=C(/[C]=O)c1csc(N)n1)C(=O)O. The molecule has 0 aliphatic heterocycles. The lowest BCUT2D eigenvalue weighted by atomic mass is 10.3. The maximum atomic E-state index is 10.5. The van der Waals surface area contributed by atoms with Gasteiger partial charge in [-0.15, -0.1) is 11.3 Å². The third-order valence-corrected chi connectivity index (χ3v) is 2.02. The molecule has 0 spiro atoms. The van der Waals surface area contributed by atoms with Crippen LogP contribution in [0.15, 0.2) is 22.9 Å². The summed E-state index contributed by atoms with van der Waals surface area (Å²) in [6.07, 6.45) is 1.46. The maximum absolute atomic E-state index is 10.5. The molecule has 1 radical (unpaired) electrons. The van der Waals surface area contributed by atoms with Gasteiger partial charge in [0.1, 0.15) is 5.69 Å². The Hall–Kier alpha value is -2.22. The number of anilines is 1. The highest BCUT2D eigenvalue weighted by Gasteiger charge is 2.11. The van der Waals surface area contributed by atoms with E-state index in [1.165, 1.54) is 11.7 Å². The molecule has 0 saturated carbocycles. The standard InChI is InChI=1S/C8H6N3O4S/c1-4(7(13)14)15-11-5(2-12)6-3-16-8(9)10-6/h3H,1H2,(H2,9,10)(H,13,14)/b11-5-. The highest BCUT2D eigenvalue weighted by molar-refractivity contribution is 7.13. The Balaban J connectivity index is 2.83. The number of nitrogen functional groups attached to an aromatic ring is 1. The van der Waals surface area contributed by atoms with Crippen LogP contribution >= 0.6 is 11.3 Å². The smallest absolute Gasteiger partial charge is 0.374 e. The van der Waals surface area contributed by atoms with Crippen LogP contribution in [0.2, 0.25) is 0 Å². The Bertz CT molecular complexity index is 466. The highest BCUT2D eigenvalue weighted by Crippen LogP contribution is 2.11. The van der Waals surface area contributed by atoms with Crippen molar-refractivity contribution >= 4 is 34.4 Å². The molecule has 8 heteroatoms. The van der Waals surface area contributed by atoms with Crippen LogP contribution in [0.4, 0.5) is 5.13 Å². The second-order valence-corrected chi connectivity index (χ2v) is 3.32. The number of hydrogen-bond acceptors (Lipinski definition) is 7. The van der Waals surface area contributed by atoms with Gasteiger partial charge in [-0.1, -0.05) is 5.16 Å². The minimum atomic E-state index is -1.38. The Labute approximate surface area is 93.8 Å². The van der Waals surface area contributed by atoms with Crippen molar-refractivity contribution < 1.29 is 19.5 Å². The Morgan fingerprint density at radius 1 is 1.75 bits per heavy atom. The summed E-state index contributed by atoms with van der Waals surface area (Å²) in [4.78, 5) is 28.9. The fraction of sp³-hybridized carbons (Fsp3) is 0. The van der Waals surface area contributed by atoms with Crippen molar-refractivity contribution in [2.24, 2.45) is 5.16 Å². The lowest BCUT2D eigenvalue weighted by molar-refractivity contribution is -0.136. The molecule has 0 aromatic carbocycles. The molecule has 0 bridgehead atoms. The molecule has 7 nitrogen and oxygen atoms in total. The Kier molecular flexibility index (Phi) is 3.72. The number of nitrogens with zero attached hydrogens (tertiary/aromatic N) is 2. The van der Waals surface area contributed by atoms with E-state index >= 15 is 0 Å². The average Bonchev–Trinajstić information content (AvgIpc) is 2.65. The molecular formula is C8H6N3O4S. The number of oxime groups is 1. The molecule has 0 amide bonds. The minimum absolute atomic E-state index is 0.163. The van der Waals surface area contributed by atoms with E-state index in [1.54, 1.807) is 0 Å². The Morgan fingerprint density at radius 3 is 2.88 bits per heavy atom. The predicted molar refractivity (Wildman–Crippen MR) is 56.6 cm³/mol. The van der Waals surface area contributed by atoms with Crippen LogP contribution in [0.5, 0.6) is 0 Å². The van der Waals surface area contributed by atoms with Gasteiger partial charge < -0.3 is 15.7 Å². The van der Waals surface area contributed by atoms with Crippen molar-refractivity contribution in [1.82, 2.24) is 4.98 Å². The molecule has 1 aromatic rings. The van der Waals surface area contributed by atoms with Gasteiger partial charge in [0.25, 0.3) is 6.29 Å². The number of nitrogens with two attached hydrogens (primary N) is 1. The number of thiazole rings is 1. The number of carboxylic acids is 1. The quantitative estimate of drug-likeness (QED) is 0.327. The van der Waals surface area contributed by atoms with Crippen molar-refractivity contribution in [2.75, 3.05) is 5.73 Å². The molecule has 0 atom stereocenters. The van der Waals surface area contributed by atoms with Gasteiger partial charge in [-0.3, -0.25) is 4.79 Å². The number of hydrogen-bond donors (Lipinski definition) is 2. The van der Waals surface area contributed by atoms with Gasteiger partial charge in [-0.05, 0) is 6.58 Å². The number of carbonyl (C=O) groups is 1. The molecule has 0 aliphatic rings. The van der Waals surface area contributed by atoms with Crippen LogP contribution in [0, 0.1) is 0 Å². The van der Waals surface area contributed by atoms with Crippen LogP contribution in [0.3, 0.4) is 0 Å². The highest BCUT2D eigenvalue weighted by atomic mass is 32.1. The first-order valence-corrected chi connectivity index (χ1v) is 4.69. The van der Waals surface area contributed by atoms with Gasteiger partial charge in [0, 0.05) is 5.38 Å². The van der Waals surface area contributed by atoms with Crippen LogP contribution in [-0.2, 0) is 14.4 Å². The average molecular weight is 240 g/mol. The summed E-state index contributed by atoms with van der Waals surface area (Å²) in [5.41, 5.74) is 5.23. The van der Waals surface area contributed by atoms with Gasteiger partial charge in [0.05, 0.1) is 0 Å². The van der Waals surface area contributed by atoms with Crippen LogP contribution in [0.25, 0.3) is 0 Å². The predicted octanol–water partition coefficient (Wildman–Crippen LogP) is 0.154. The fourth-order valence-electron chi connectivity index (χ4n) is 0.654. The summed E-state index contributed by atoms with van der Waals surface area (Å²) in [7, 11) is 0. The normalized spacial score (nSPS) is 10.9. The summed E-state index contributed by atoms with van der Waals surface area (Å²) in [6, 6.07) is 0. The van der Waals surface area contributed by atoms with Crippen molar-refractivity contribution in [3.63, 3.8) is 0 Å². The molecular weight excluding hydrogens is 234 g/mol. The summed E-state index contributed by atoms with van der Waals surface area (Å²) in [5.74, 6) is -2.00. The fourth-order valence-corrected chi connectivity index (χ4v) is 1.20. The van der Waals surface area contributed by atoms with Crippen molar-refractivity contribution in [3.8, 4) is 0 Å². The zero-order valence-electron chi connectivity index (χ0n) is 7.84. The molecule has 0 aliphatic carbocycles. The van der Waals surface area contributed by atoms with E-state index < -0.39 is 11.7 Å². The summed E-state index contributed by atoms with van der Waals surface area (Å²) in [6.45, 7) is 3.06. The van der Waals surface area contributed by atoms with Gasteiger partial charge in [-0.2, -0.15) is 0 Å². The van der Waals surface area contributed by atoms with Gasteiger partial charge in [-0.25, -0.2) is 9.78 Å². The Morgan fingerprint density at radius 2 is 2.44 bits per heavy atom. The molecule has 83 valence electrons. The third kappa shape index (κ3) is 2.89. The number of carbonyl (C=O) groups excluding carboxylic acids is 1. The van der Waals surface area contributed by atoms with E-state index in [0.29, 0.717) is 0 Å². The van der Waals surface area contributed by atoms with Crippen molar-refractivity contribution in [2.45, 2.75) is 0 Å². The second kappa shape index (κ2) is 5.03. The van der Waals surface area contributed by atoms with Crippen molar-refractivity contribution in [1.29, 1.82) is 0 Å². The molecule has 16 heavy (non-hydrogen) atoms. The van der Waals surface area contributed by atoms with Crippen molar-refractivity contribution in [3.05, 3.63) is 23.4 Å². The molecule has 0 saturated heterocycles. The van der Waals surface area contributed by atoms with Gasteiger partial charge in [0.2, 0.25) is 5.76 Å². The van der Waals surface area contributed by atoms with E-state index in [1.807, 2.05) is 0 Å². The molecule has 0 fully saturated rings. The van der Waals surface area contributed by atoms with E-state index in [4.69, 9.17) is 10.8 Å². The van der Waals surface area contributed by atoms with E-state index in [-0.39, 0.29) is 16.5 Å². The molecule has 3 N–H and O–H groups in total.